The standard InChI is InChI=1S/C13H17N/c1-2-4-12-9(3-1)10-6-5-8-7-11(8)13(10)14-12/h5-6,8-9,11-12,14H,1-4,7H2. The van der Waals surface area contributed by atoms with Gasteiger partial charge in [-0.2, -0.15) is 0 Å². The Morgan fingerprint density at radius 2 is 2.07 bits per heavy atom. The maximum absolute atomic E-state index is 3.81. The molecule has 4 unspecified atom stereocenters. The van der Waals surface area contributed by atoms with Crippen LogP contribution in [0.4, 0.5) is 0 Å². The zero-order valence-corrected chi connectivity index (χ0v) is 8.50. The van der Waals surface area contributed by atoms with Crippen LogP contribution in [0.3, 0.4) is 0 Å². The summed E-state index contributed by atoms with van der Waals surface area (Å²) in [6.45, 7) is 0. The van der Waals surface area contributed by atoms with Crippen LogP contribution in [0.5, 0.6) is 0 Å². The van der Waals surface area contributed by atoms with Crippen LogP contribution in [0, 0.1) is 17.8 Å². The first-order valence-electron chi connectivity index (χ1n) is 6.12. The third-order valence-corrected chi connectivity index (χ3v) is 4.55. The lowest BCUT2D eigenvalue weighted by Crippen LogP contribution is -2.31. The predicted molar refractivity (Wildman–Crippen MR) is 56.6 cm³/mol. The highest BCUT2D eigenvalue weighted by molar-refractivity contribution is 5.43. The van der Waals surface area contributed by atoms with Gasteiger partial charge in [-0.25, -0.2) is 0 Å². The van der Waals surface area contributed by atoms with E-state index in [0.29, 0.717) is 0 Å². The molecule has 14 heavy (non-hydrogen) atoms. The van der Waals surface area contributed by atoms with Gasteiger partial charge in [0.25, 0.3) is 0 Å². The number of fused-ring (bicyclic) bond motifs is 4. The largest absolute Gasteiger partial charge is 0.385 e. The lowest BCUT2D eigenvalue weighted by Gasteiger charge is -2.26. The molecule has 0 aromatic heterocycles. The molecule has 0 spiro atoms. The van der Waals surface area contributed by atoms with Crippen molar-refractivity contribution in [3.05, 3.63) is 23.4 Å². The summed E-state index contributed by atoms with van der Waals surface area (Å²) in [6.07, 6.45) is 12.0. The van der Waals surface area contributed by atoms with E-state index in [2.05, 4.69) is 17.5 Å². The van der Waals surface area contributed by atoms with E-state index in [0.717, 1.165) is 23.8 Å². The Balaban J connectivity index is 1.73. The fourth-order valence-electron chi connectivity index (χ4n) is 3.68. The highest BCUT2D eigenvalue weighted by atomic mass is 15.0. The molecule has 2 fully saturated rings. The predicted octanol–water partition coefficient (Wildman–Crippen LogP) is 2.61. The lowest BCUT2D eigenvalue weighted by molar-refractivity contribution is 0.342. The first-order chi connectivity index (χ1) is 6.93. The molecule has 0 radical (unpaired) electrons. The van der Waals surface area contributed by atoms with Crippen molar-refractivity contribution in [2.75, 3.05) is 0 Å². The van der Waals surface area contributed by atoms with Crippen LogP contribution in [0.25, 0.3) is 0 Å². The Kier molecular flexibility index (Phi) is 1.32. The van der Waals surface area contributed by atoms with Gasteiger partial charge in [-0.1, -0.05) is 25.0 Å². The van der Waals surface area contributed by atoms with E-state index in [4.69, 9.17) is 0 Å². The zero-order chi connectivity index (χ0) is 9.12. The maximum atomic E-state index is 3.81. The summed E-state index contributed by atoms with van der Waals surface area (Å²) in [5, 5.41) is 3.81. The molecule has 0 bridgehead atoms. The molecule has 1 heterocycles. The molecule has 4 atom stereocenters. The number of rotatable bonds is 0. The van der Waals surface area contributed by atoms with E-state index in [1.54, 1.807) is 11.3 Å². The highest BCUT2D eigenvalue weighted by Gasteiger charge is 2.47. The summed E-state index contributed by atoms with van der Waals surface area (Å²) in [6, 6.07) is 0.803. The molecule has 0 amide bonds. The molecular formula is C13H17N. The van der Waals surface area contributed by atoms with Gasteiger partial charge < -0.3 is 5.32 Å². The zero-order valence-electron chi connectivity index (χ0n) is 8.50. The average molecular weight is 187 g/mol. The third kappa shape index (κ3) is 0.858. The molecule has 2 saturated carbocycles. The van der Waals surface area contributed by atoms with Crippen molar-refractivity contribution in [3.63, 3.8) is 0 Å². The second-order valence-corrected chi connectivity index (χ2v) is 5.38. The molecule has 1 heteroatoms. The van der Waals surface area contributed by atoms with Crippen molar-refractivity contribution in [3.8, 4) is 0 Å². The minimum atomic E-state index is 0.803. The highest BCUT2D eigenvalue weighted by Crippen LogP contribution is 2.53. The fourth-order valence-corrected chi connectivity index (χ4v) is 3.68. The number of nitrogens with one attached hydrogen (secondary N) is 1. The summed E-state index contributed by atoms with van der Waals surface area (Å²) in [5.41, 5.74) is 3.34. The lowest BCUT2D eigenvalue weighted by atomic mass is 9.81. The van der Waals surface area contributed by atoms with E-state index in [-0.39, 0.29) is 0 Å². The molecule has 0 aromatic carbocycles. The first kappa shape index (κ1) is 7.56. The molecule has 4 rings (SSSR count). The van der Waals surface area contributed by atoms with Crippen molar-refractivity contribution < 1.29 is 0 Å². The molecule has 4 aliphatic rings. The van der Waals surface area contributed by atoms with Gasteiger partial charge >= 0.3 is 0 Å². The molecular weight excluding hydrogens is 170 g/mol. The minimum Gasteiger partial charge on any atom is -0.385 e. The summed E-state index contributed by atoms with van der Waals surface area (Å²) < 4.78 is 0. The van der Waals surface area contributed by atoms with Gasteiger partial charge in [-0.3, -0.25) is 0 Å². The topological polar surface area (TPSA) is 12.0 Å². The number of hydrogen-bond donors (Lipinski definition) is 1. The summed E-state index contributed by atoms with van der Waals surface area (Å²) in [7, 11) is 0. The molecule has 1 nitrogen and oxygen atoms in total. The minimum absolute atomic E-state index is 0.803. The van der Waals surface area contributed by atoms with E-state index in [1.807, 2.05) is 0 Å². The Morgan fingerprint density at radius 1 is 1.14 bits per heavy atom. The van der Waals surface area contributed by atoms with Crippen LogP contribution < -0.4 is 5.32 Å². The second kappa shape index (κ2) is 2.44. The third-order valence-electron chi connectivity index (χ3n) is 4.55. The van der Waals surface area contributed by atoms with Gasteiger partial charge in [0.2, 0.25) is 0 Å². The van der Waals surface area contributed by atoms with Crippen molar-refractivity contribution in [1.29, 1.82) is 0 Å². The Labute approximate surface area is 85.3 Å². The van der Waals surface area contributed by atoms with Crippen molar-refractivity contribution in [1.82, 2.24) is 5.32 Å². The molecule has 1 N–H and O–H groups in total. The average Bonchev–Trinajstić information content (AvgIpc) is 2.92. The monoisotopic (exact) mass is 187 g/mol. The number of allylic oxidation sites excluding steroid dienone is 3. The Morgan fingerprint density at radius 3 is 3.07 bits per heavy atom. The molecule has 0 aromatic rings. The van der Waals surface area contributed by atoms with Crippen molar-refractivity contribution in [2.45, 2.75) is 38.1 Å². The molecule has 1 aliphatic heterocycles. The van der Waals surface area contributed by atoms with Crippen molar-refractivity contribution in [2.24, 2.45) is 17.8 Å². The van der Waals surface area contributed by atoms with Gasteiger partial charge in [0.1, 0.15) is 0 Å². The van der Waals surface area contributed by atoms with Gasteiger partial charge in [0, 0.05) is 23.6 Å². The SMILES string of the molecule is C1=CC2CC2C2=C1C1CCCCC1N2. The Bertz CT molecular complexity index is 339. The van der Waals surface area contributed by atoms with Gasteiger partial charge in [-0.05, 0) is 30.8 Å². The van der Waals surface area contributed by atoms with Crippen LogP contribution in [0.2, 0.25) is 0 Å². The van der Waals surface area contributed by atoms with Crippen molar-refractivity contribution >= 4 is 0 Å². The number of hydrogen-bond acceptors (Lipinski definition) is 1. The molecule has 3 aliphatic carbocycles. The molecule has 0 saturated heterocycles. The quantitative estimate of drug-likeness (QED) is 0.614. The van der Waals surface area contributed by atoms with Gasteiger partial charge in [0.15, 0.2) is 0 Å². The second-order valence-electron chi connectivity index (χ2n) is 5.38. The Hall–Kier alpha value is -0.720. The van der Waals surface area contributed by atoms with Gasteiger partial charge in [-0.15, -0.1) is 0 Å². The van der Waals surface area contributed by atoms with Crippen LogP contribution in [0.15, 0.2) is 23.4 Å². The van der Waals surface area contributed by atoms with Crippen LogP contribution in [-0.4, -0.2) is 6.04 Å². The van der Waals surface area contributed by atoms with E-state index >= 15 is 0 Å². The smallest absolute Gasteiger partial charge is 0.0327 e. The first-order valence-corrected chi connectivity index (χ1v) is 6.12. The summed E-state index contributed by atoms with van der Waals surface area (Å²) in [5.74, 6) is 2.68. The van der Waals surface area contributed by atoms with Gasteiger partial charge in [0.05, 0.1) is 0 Å². The van der Waals surface area contributed by atoms with Crippen LogP contribution in [-0.2, 0) is 0 Å². The summed E-state index contributed by atoms with van der Waals surface area (Å²) >= 11 is 0. The normalized spacial score (nSPS) is 48.0. The van der Waals surface area contributed by atoms with Crippen LogP contribution in [0.1, 0.15) is 32.1 Å². The summed E-state index contributed by atoms with van der Waals surface area (Å²) in [4.78, 5) is 0. The molecule has 74 valence electrons. The fraction of sp³-hybridized carbons (Fsp3) is 0.692. The van der Waals surface area contributed by atoms with E-state index in [1.165, 1.54) is 32.1 Å². The maximum Gasteiger partial charge on any atom is 0.0327 e. The van der Waals surface area contributed by atoms with Crippen LogP contribution >= 0.6 is 0 Å². The van der Waals surface area contributed by atoms with E-state index < -0.39 is 0 Å². The van der Waals surface area contributed by atoms with E-state index in [9.17, 15) is 0 Å².